The minimum Gasteiger partial charge on any atom is -0.456 e. The average molecular weight is 374 g/mol. The molecule has 2 nitrogen and oxygen atoms in total. The lowest BCUT2D eigenvalue weighted by molar-refractivity contribution is 0.471. The molecule has 18 heavy (non-hydrogen) atoms. The topological polar surface area (TPSA) is 21.3 Å². The van der Waals surface area contributed by atoms with Gasteiger partial charge < -0.3 is 10.1 Å². The lowest BCUT2D eigenvalue weighted by Crippen LogP contribution is -2.06. The van der Waals surface area contributed by atoms with Crippen molar-refractivity contribution in [2.45, 2.75) is 6.54 Å². The van der Waals surface area contributed by atoms with Gasteiger partial charge in [0, 0.05) is 17.1 Å². The van der Waals surface area contributed by atoms with E-state index >= 15 is 0 Å². The van der Waals surface area contributed by atoms with Gasteiger partial charge in [0.2, 0.25) is 0 Å². The molecule has 0 bridgehead atoms. The largest absolute Gasteiger partial charge is 0.456 e. The smallest absolute Gasteiger partial charge is 0.140 e. The number of benzene rings is 2. The number of rotatable bonds is 4. The Morgan fingerprint density at radius 3 is 2.67 bits per heavy atom. The lowest BCUT2D eigenvalue weighted by atomic mass is 10.2. The fraction of sp³-hybridized carbons (Fsp3) is 0.143. The molecule has 2 aromatic carbocycles. The molecule has 0 aliphatic rings. The van der Waals surface area contributed by atoms with E-state index in [1.807, 2.05) is 49.5 Å². The van der Waals surface area contributed by atoms with Crippen molar-refractivity contribution in [1.29, 1.82) is 0 Å². The molecule has 0 saturated heterocycles. The minimum atomic E-state index is 0.718. The Kier molecular flexibility index (Phi) is 4.86. The van der Waals surface area contributed by atoms with Crippen LogP contribution in [0.1, 0.15) is 5.56 Å². The first-order chi connectivity index (χ1) is 8.70. The van der Waals surface area contributed by atoms with E-state index in [-0.39, 0.29) is 0 Å². The number of ether oxygens (including phenoxy) is 1. The highest BCUT2D eigenvalue weighted by atomic mass is 127. The van der Waals surface area contributed by atoms with E-state index in [0.717, 1.165) is 32.2 Å². The summed E-state index contributed by atoms with van der Waals surface area (Å²) in [6.45, 7) is 0.722. The third-order valence-electron chi connectivity index (χ3n) is 2.45. The molecule has 0 atom stereocenters. The lowest BCUT2D eigenvalue weighted by Gasteiger charge is -2.12. The number of para-hydroxylation sites is 1. The van der Waals surface area contributed by atoms with Gasteiger partial charge in [0.25, 0.3) is 0 Å². The van der Waals surface area contributed by atoms with Crippen LogP contribution < -0.4 is 10.1 Å². The molecule has 2 aromatic rings. The van der Waals surface area contributed by atoms with Crippen molar-refractivity contribution >= 4 is 34.2 Å². The Balaban J connectivity index is 2.31. The third-order valence-corrected chi connectivity index (χ3v) is 3.57. The van der Waals surface area contributed by atoms with Gasteiger partial charge in [0.15, 0.2) is 0 Å². The molecule has 0 spiro atoms. The highest BCUT2D eigenvalue weighted by Crippen LogP contribution is 2.30. The maximum atomic E-state index is 6.00. The van der Waals surface area contributed by atoms with Crippen molar-refractivity contribution in [3.05, 3.63) is 56.6 Å². The third kappa shape index (κ3) is 3.37. The van der Waals surface area contributed by atoms with Gasteiger partial charge in [-0.15, -0.1) is 0 Å². The van der Waals surface area contributed by atoms with Gasteiger partial charge in [-0.05, 0) is 60.0 Å². The van der Waals surface area contributed by atoms with Gasteiger partial charge in [-0.1, -0.05) is 23.7 Å². The van der Waals surface area contributed by atoms with Crippen LogP contribution in [0, 0.1) is 3.57 Å². The van der Waals surface area contributed by atoms with Gasteiger partial charge >= 0.3 is 0 Å². The molecule has 4 heteroatoms. The van der Waals surface area contributed by atoms with E-state index in [1.54, 1.807) is 0 Å². The Morgan fingerprint density at radius 2 is 1.94 bits per heavy atom. The summed E-state index contributed by atoms with van der Waals surface area (Å²) in [5, 5.41) is 3.83. The maximum Gasteiger partial charge on any atom is 0.140 e. The van der Waals surface area contributed by atoms with Crippen LogP contribution >= 0.6 is 34.2 Å². The maximum absolute atomic E-state index is 6.00. The molecule has 0 aromatic heterocycles. The number of nitrogens with one attached hydrogen (secondary N) is 1. The molecule has 0 heterocycles. The summed E-state index contributed by atoms with van der Waals surface area (Å²) < 4.78 is 7.03. The van der Waals surface area contributed by atoms with Crippen LogP contribution in [0.25, 0.3) is 0 Å². The molecular weight excluding hydrogens is 361 g/mol. The predicted molar refractivity (Wildman–Crippen MR) is 83.4 cm³/mol. The fourth-order valence-electron chi connectivity index (χ4n) is 1.62. The molecule has 0 unspecified atom stereocenters. The molecule has 0 radical (unpaired) electrons. The fourth-order valence-corrected chi connectivity index (χ4v) is 2.31. The molecule has 94 valence electrons. The van der Waals surface area contributed by atoms with Crippen LogP contribution in [0.2, 0.25) is 5.02 Å². The SMILES string of the molecule is CNCc1cc(Cl)ccc1Oc1ccccc1I. The van der Waals surface area contributed by atoms with E-state index in [2.05, 4.69) is 27.9 Å². The van der Waals surface area contributed by atoms with Gasteiger partial charge in [-0.3, -0.25) is 0 Å². The summed E-state index contributed by atoms with van der Waals surface area (Å²) >= 11 is 8.26. The highest BCUT2D eigenvalue weighted by molar-refractivity contribution is 14.1. The molecule has 0 amide bonds. The quantitative estimate of drug-likeness (QED) is 0.799. The van der Waals surface area contributed by atoms with E-state index in [9.17, 15) is 0 Å². The molecule has 0 aliphatic carbocycles. The molecule has 0 aliphatic heterocycles. The number of hydrogen-bond acceptors (Lipinski definition) is 2. The van der Waals surface area contributed by atoms with Crippen molar-refractivity contribution in [2.75, 3.05) is 7.05 Å². The van der Waals surface area contributed by atoms with Gasteiger partial charge in [-0.2, -0.15) is 0 Å². The Bertz CT molecular complexity index is 545. The molecule has 1 N–H and O–H groups in total. The summed E-state index contributed by atoms with van der Waals surface area (Å²) in [6, 6.07) is 13.6. The zero-order valence-corrected chi connectivity index (χ0v) is 12.8. The summed E-state index contributed by atoms with van der Waals surface area (Å²) in [5.41, 5.74) is 1.05. The number of hydrogen-bond donors (Lipinski definition) is 1. The van der Waals surface area contributed by atoms with Gasteiger partial charge in [-0.25, -0.2) is 0 Å². The van der Waals surface area contributed by atoms with E-state index in [1.165, 1.54) is 0 Å². The van der Waals surface area contributed by atoms with Crippen molar-refractivity contribution < 1.29 is 4.74 Å². The van der Waals surface area contributed by atoms with Crippen LogP contribution in [0.5, 0.6) is 11.5 Å². The Hall–Kier alpha value is -0.780. The zero-order valence-electron chi connectivity index (χ0n) is 9.91. The van der Waals surface area contributed by atoms with E-state index < -0.39 is 0 Å². The van der Waals surface area contributed by atoms with Crippen LogP contribution in [0.4, 0.5) is 0 Å². The van der Waals surface area contributed by atoms with Crippen molar-refractivity contribution in [3.63, 3.8) is 0 Å². The van der Waals surface area contributed by atoms with Crippen molar-refractivity contribution in [1.82, 2.24) is 5.32 Å². The zero-order chi connectivity index (χ0) is 13.0. The summed E-state index contributed by atoms with van der Waals surface area (Å²) in [7, 11) is 1.90. The highest BCUT2D eigenvalue weighted by Gasteiger charge is 2.07. The monoisotopic (exact) mass is 373 g/mol. The minimum absolute atomic E-state index is 0.718. The summed E-state index contributed by atoms with van der Waals surface area (Å²) in [6.07, 6.45) is 0. The van der Waals surface area contributed by atoms with Crippen LogP contribution in [0.15, 0.2) is 42.5 Å². The van der Waals surface area contributed by atoms with Gasteiger partial charge in [0.1, 0.15) is 11.5 Å². The first-order valence-electron chi connectivity index (χ1n) is 5.56. The first-order valence-corrected chi connectivity index (χ1v) is 7.02. The molecule has 2 rings (SSSR count). The van der Waals surface area contributed by atoms with Crippen molar-refractivity contribution in [2.24, 2.45) is 0 Å². The van der Waals surface area contributed by atoms with Crippen molar-refractivity contribution in [3.8, 4) is 11.5 Å². The van der Waals surface area contributed by atoms with E-state index in [4.69, 9.17) is 16.3 Å². The average Bonchev–Trinajstić information content (AvgIpc) is 2.35. The first kappa shape index (κ1) is 13.6. The second-order valence-electron chi connectivity index (χ2n) is 3.81. The normalized spacial score (nSPS) is 10.4. The molecule has 0 saturated carbocycles. The molecule has 0 fully saturated rings. The standard InChI is InChI=1S/C14H13ClINO/c1-17-9-10-8-11(15)6-7-13(10)18-14-5-3-2-4-12(14)16/h2-8,17H,9H2,1H3. The molecular formula is C14H13ClINO. The van der Waals surface area contributed by atoms with Crippen LogP contribution in [-0.2, 0) is 6.54 Å². The Morgan fingerprint density at radius 1 is 1.17 bits per heavy atom. The van der Waals surface area contributed by atoms with Crippen LogP contribution in [0.3, 0.4) is 0 Å². The predicted octanol–water partition coefficient (Wildman–Crippen LogP) is 4.46. The summed E-state index contributed by atoms with van der Waals surface area (Å²) in [4.78, 5) is 0. The number of halogens is 2. The summed E-state index contributed by atoms with van der Waals surface area (Å²) in [5.74, 6) is 1.69. The Labute approximate surface area is 125 Å². The second kappa shape index (κ2) is 6.41. The second-order valence-corrected chi connectivity index (χ2v) is 5.41. The van der Waals surface area contributed by atoms with Crippen LogP contribution in [-0.4, -0.2) is 7.05 Å². The van der Waals surface area contributed by atoms with E-state index in [0.29, 0.717) is 0 Å². The van der Waals surface area contributed by atoms with Gasteiger partial charge in [0.05, 0.1) is 3.57 Å².